The third kappa shape index (κ3) is 8.54. The minimum absolute atomic E-state index is 0.0126. The summed E-state index contributed by atoms with van der Waals surface area (Å²) in [5.74, 6) is -0.180. The van der Waals surface area contributed by atoms with Gasteiger partial charge in [-0.05, 0) is 133 Å². The average Bonchev–Trinajstić information content (AvgIpc) is 3.76. The zero-order valence-corrected chi connectivity index (χ0v) is 38.5. The van der Waals surface area contributed by atoms with Crippen LogP contribution in [0.3, 0.4) is 0 Å². The van der Waals surface area contributed by atoms with E-state index in [0.717, 1.165) is 50.1 Å². The van der Waals surface area contributed by atoms with Gasteiger partial charge in [-0.2, -0.15) is 0 Å². The Morgan fingerprint density at radius 2 is 1.29 bits per heavy atom. The standard InChI is InChI=1S/C61H59N3O/c1-38(2)44-25-28-56(53(34-44)43-23-26-50(27-24-43)61(7,8)9)64-57-22-16-21-51(58(57)63-60(64)54-36-46(39(3)4)35-52(40(5)6)59(54)65)48-31-47(42-19-14-11-15-20-42)32-49(33-48)55-37-45(29-30-62-55)41-17-12-10-13-18-41/h10-40,65H,1-9H3/i10D,12D,13D,17D,18D,29D,30D,37D,38D. The molecule has 0 atom stereocenters. The van der Waals surface area contributed by atoms with Crippen LogP contribution in [0, 0.1) is 0 Å². The molecule has 0 aliphatic carbocycles. The van der Waals surface area contributed by atoms with E-state index in [1.165, 1.54) is 5.56 Å². The fourth-order valence-corrected chi connectivity index (χ4v) is 8.47. The van der Waals surface area contributed by atoms with Crippen molar-refractivity contribution in [1.29, 1.82) is 0 Å². The van der Waals surface area contributed by atoms with Crippen LogP contribution in [0.2, 0.25) is 0 Å². The number of hydrogen-bond acceptors (Lipinski definition) is 3. The predicted molar refractivity (Wildman–Crippen MR) is 274 cm³/mol. The minimum Gasteiger partial charge on any atom is -0.507 e. The van der Waals surface area contributed by atoms with Gasteiger partial charge in [0.2, 0.25) is 0 Å². The summed E-state index contributed by atoms with van der Waals surface area (Å²) in [5, 5.41) is 12.4. The molecule has 324 valence electrons. The molecule has 0 spiro atoms. The van der Waals surface area contributed by atoms with Gasteiger partial charge in [-0.3, -0.25) is 9.55 Å². The summed E-state index contributed by atoms with van der Waals surface area (Å²) >= 11 is 0. The molecule has 65 heavy (non-hydrogen) atoms. The van der Waals surface area contributed by atoms with Gasteiger partial charge >= 0.3 is 0 Å². The summed E-state index contributed by atoms with van der Waals surface area (Å²) in [6, 6.07) is 36.2. The largest absolute Gasteiger partial charge is 0.507 e. The Morgan fingerprint density at radius 1 is 0.585 bits per heavy atom. The van der Waals surface area contributed by atoms with Crippen molar-refractivity contribution in [1.82, 2.24) is 14.5 Å². The molecule has 0 saturated heterocycles. The molecular formula is C61H59N3O. The first-order chi connectivity index (χ1) is 34.9. The van der Waals surface area contributed by atoms with E-state index in [1.54, 1.807) is 0 Å². The van der Waals surface area contributed by atoms with Crippen LogP contribution < -0.4 is 0 Å². The maximum atomic E-state index is 12.4. The van der Waals surface area contributed by atoms with E-state index in [2.05, 4.69) is 94.4 Å². The molecule has 0 bridgehead atoms. The molecule has 7 aromatic carbocycles. The van der Waals surface area contributed by atoms with Gasteiger partial charge in [0.05, 0.1) is 38.9 Å². The summed E-state index contributed by atoms with van der Waals surface area (Å²) in [6.07, 6.45) is -0.525. The molecule has 1 N–H and O–H groups in total. The number of phenolic OH excluding ortho intramolecular Hbond substituents is 1. The number of aromatic nitrogens is 3. The number of nitrogens with zero attached hydrogens (tertiary/aromatic N) is 3. The van der Waals surface area contributed by atoms with Gasteiger partial charge in [0.1, 0.15) is 11.6 Å². The average molecular weight is 859 g/mol. The summed E-state index contributed by atoms with van der Waals surface area (Å²) < 4.78 is 81.2. The van der Waals surface area contributed by atoms with Crippen molar-refractivity contribution >= 4 is 11.0 Å². The van der Waals surface area contributed by atoms with E-state index < -0.39 is 48.3 Å². The van der Waals surface area contributed by atoms with E-state index in [9.17, 15) is 6.48 Å². The second kappa shape index (κ2) is 17.5. The lowest BCUT2D eigenvalue weighted by Crippen LogP contribution is -2.10. The molecule has 4 nitrogen and oxygen atoms in total. The molecule has 0 aliphatic heterocycles. The molecule has 2 heterocycles. The fraction of sp³-hybridized carbons (Fsp3) is 0.213. The lowest BCUT2D eigenvalue weighted by atomic mass is 9.86. The highest BCUT2D eigenvalue weighted by molar-refractivity contribution is 5.98. The van der Waals surface area contributed by atoms with E-state index in [4.69, 9.17) is 16.0 Å². The number of benzene rings is 7. The third-order valence-electron chi connectivity index (χ3n) is 12.2. The Morgan fingerprint density at radius 3 is 1.98 bits per heavy atom. The van der Waals surface area contributed by atoms with Crippen LogP contribution in [0.4, 0.5) is 0 Å². The first kappa shape index (κ1) is 33.5. The first-order valence-corrected chi connectivity index (χ1v) is 22.3. The molecule has 9 aromatic rings. The number of hydrogen-bond donors (Lipinski definition) is 1. The van der Waals surface area contributed by atoms with Crippen molar-refractivity contribution in [2.75, 3.05) is 0 Å². The van der Waals surface area contributed by atoms with Crippen LogP contribution in [0.15, 0.2) is 170 Å². The quantitative estimate of drug-likeness (QED) is 0.149. The number of imidazole rings is 1. The molecular weight excluding hydrogens is 791 g/mol. The molecule has 0 fully saturated rings. The number of fused-ring (bicyclic) bond motifs is 1. The Hall–Kier alpha value is -7.04. The SMILES string of the molecule is [2H]c1nc(-c2cc(-c3ccccc3)cc(-c3cccc4c3nc(-c3cc(C(C)C)cc(C(C)C)c3O)n4-c3ccc(C([2H])(C)C)cc3-c3ccc(C(C)(C)C)cc3)c2)c([2H])c(-c2c([2H])c([2H])c([2H])c([2H])c2[2H])c1[2H]. The van der Waals surface area contributed by atoms with Crippen molar-refractivity contribution in [2.45, 2.75) is 85.5 Å². The summed E-state index contributed by atoms with van der Waals surface area (Å²) in [4.78, 5) is 10.1. The van der Waals surface area contributed by atoms with Gasteiger partial charge in [-0.15, -0.1) is 0 Å². The zero-order chi connectivity index (χ0) is 53.5. The van der Waals surface area contributed by atoms with Crippen molar-refractivity contribution in [3.05, 3.63) is 192 Å². The molecule has 0 unspecified atom stereocenters. The summed E-state index contributed by atoms with van der Waals surface area (Å²) in [7, 11) is 0. The Bertz CT molecular complexity index is 3650. The maximum absolute atomic E-state index is 12.4. The van der Waals surface area contributed by atoms with Crippen LogP contribution in [0.25, 0.3) is 83.9 Å². The van der Waals surface area contributed by atoms with Gasteiger partial charge in [0, 0.05) is 24.2 Å². The Labute approximate surface area is 398 Å². The molecule has 4 heteroatoms. The van der Waals surface area contributed by atoms with E-state index in [1.807, 2.05) is 98.8 Å². The molecule has 2 aromatic heterocycles. The van der Waals surface area contributed by atoms with Crippen molar-refractivity contribution < 1.29 is 17.4 Å². The van der Waals surface area contributed by atoms with Crippen LogP contribution in [0.1, 0.15) is 115 Å². The molecule has 0 saturated carbocycles. The molecule has 0 radical (unpaired) electrons. The summed E-state index contributed by atoms with van der Waals surface area (Å²) in [6.45, 7) is 18.7. The molecule has 0 aliphatic rings. The number of para-hydroxylation sites is 1. The zero-order valence-electron chi connectivity index (χ0n) is 47.5. The van der Waals surface area contributed by atoms with Crippen molar-refractivity contribution in [2.24, 2.45) is 0 Å². The van der Waals surface area contributed by atoms with Crippen LogP contribution >= 0.6 is 0 Å². The van der Waals surface area contributed by atoms with Crippen molar-refractivity contribution in [3.63, 3.8) is 0 Å². The van der Waals surface area contributed by atoms with E-state index in [0.29, 0.717) is 33.6 Å². The minimum atomic E-state index is -0.923. The Kier molecular flexibility index (Phi) is 9.01. The normalized spacial score (nSPS) is 14.0. The van der Waals surface area contributed by atoms with Crippen LogP contribution in [-0.4, -0.2) is 19.6 Å². The van der Waals surface area contributed by atoms with Crippen molar-refractivity contribution in [3.8, 4) is 78.6 Å². The number of rotatable bonds is 10. The number of phenols is 1. The van der Waals surface area contributed by atoms with E-state index >= 15 is 0 Å². The van der Waals surface area contributed by atoms with Crippen LogP contribution in [-0.2, 0) is 5.41 Å². The third-order valence-corrected chi connectivity index (χ3v) is 12.2. The highest BCUT2D eigenvalue weighted by Gasteiger charge is 2.26. The second-order valence-corrected chi connectivity index (χ2v) is 18.7. The maximum Gasteiger partial charge on any atom is 0.149 e. The molecule has 9 rings (SSSR count). The predicted octanol–water partition coefficient (Wildman–Crippen LogP) is 16.8. The monoisotopic (exact) mass is 859 g/mol. The van der Waals surface area contributed by atoms with Gasteiger partial charge in [-0.25, -0.2) is 4.98 Å². The van der Waals surface area contributed by atoms with Gasteiger partial charge in [0.25, 0.3) is 0 Å². The fourth-order valence-electron chi connectivity index (χ4n) is 8.47. The topological polar surface area (TPSA) is 50.9 Å². The van der Waals surface area contributed by atoms with E-state index in [-0.39, 0.29) is 45.9 Å². The van der Waals surface area contributed by atoms with Gasteiger partial charge in [-0.1, -0.05) is 171 Å². The smallest absolute Gasteiger partial charge is 0.149 e. The molecule has 0 amide bonds. The van der Waals surface area contributed by atoms with Gasteiger partial charge in [0.15, 0.2) is 0 Å². The highest BCUT2D eigenvalue weighted by atomic mass is 16.3. The van der Waals surface area contributed by atoms with Crippen LogP contribution in [0.5, 0.6) is 5.75 Å². The summed E-state index contributed by atoms with van der Waals surface area (Å²) in [5.41, 5.74) is 10.9. The highest BCUT2D eigenvalue weighted by Crippen LogP contribution is 2.45. The Balaban J connectivity index is 1.38. The number of aromatic hydroxyl groups is 1. The second-order valence-electron chi connectivity index (χ2n) is 18.7. The van der Waals surface area contributed by atoms with Gasteiger partial charge < -0.3 is 5.11 Å². The lowest BCUT2D eigenvalue weighted by molar-refractivity contribution is 0.466. The lowest BCUT2D eigenvalue weighted by Gasteiger charge is -2.21. The number of pyridine rings is 1. The first-order valence-electron chi connectivity index (χ1n) is 26.8.